The van der Waals surface area contributed by atoms with Gasteiger partial charge in [-0.3, -0.25) is 9.10 Å². The minimum absolute atomic E-state index is 0.0292. The van der Waals surface area contributed by atoms with E-state index in [1.165, 1.54) is 4.31 Å². The molecule has 2 aromatic rings. The highest BCUT2D eigenvalue weighted by molar-refractivity contribution is 7.92. The van der Waals surface area contributed by atoms with Crippen molar-refractivity contribution in [2.24, 2.45) is 0 Å². The van der Waals surface area contributed by atoms with Crippen molar-refractivity contribution in [3.63, 3.8) is 0 Å². The smallest absolute Gasteiger partial charge is 0.251 e. The highest BCUT2D eigenvalue weighted by Gasteiger charge is 2.34. The molecule has 1 atom stereocenters. The molecule has 30 heavy (non-hydrogen) atoms. The standard InChI is InChI=1S/C23H30N2O4S/c1-6-25(30(27,28)7-2)18-11-9-17(10-12-18)22(26)24-20-15-23(4,5)29-21-13-8-16(3)14-19(20)21/h8-14,20H,6-7,15H2,1-5H3,(H,24,26)/t20-/m0/s1. The topological polar surface area (TPSA) is 75.7 Å². The number of carbonyl (C=O) groups excluding carboxylic acids is 1. The number of carbonyl (C=O) groups is 1. The lowest BCUT2D eigenvalue weighted by molar-refractivity contribution is 0.0619. The molecule has 0 bridgehead atoms. The monoisotopic (exact) mass is 430 g/mol. The van der Waals surface area contributed by atoms with E-state index < -0.39 is 10.0 Å². The van der Waals surface area contributed by atoms with Crippen molar-refractivity contribution in [2.45, 2.75) is 52.7 Å². The molecule has 7 heteroatoms. The Kier molecular flexibility index (Phi) is 6.13. The maximum absolute atomic E-state index is 12.9. The first-order valence-corrected chi connectivity index (χ1v) is 11.9. The molecule has 3 rings (SSSR count). The van der Waals surface area contributed by atoms with Gasteiger partial charge in [-0.2, -0.15) is 0 Å². The first-order valence-electron chi connectivity index (χ1n) is 10.3. The van der Waals surface area contributed by atoms with Gasteiger partial charge in [0.2, 0.25) is 10.0 Å². The van der Waals surface area contributed by atoms with Gasteiger partial charge in [-0.1, -0.05) is 17.7 Å². The third kappa shape index (κ3) is 4.61. The lowest BCUT2D eigenvalue weighted by atomic mass is 9.88. The summed E-state index contributed by atoms with van der Waals surface area (Å²) < 4.78 is 31.9. The van der Waals surface area contributed by atoms with Crippen LogP contribution in [0, 0.1) is 6.92 Å². The van der Waals surface area contributed by atoms with Gasteiger partial charge in [-0.15, -0.1) is 0 Å². The molecule has 0 aromatic heterocycles. The summed E-state index contributed by atoms with van der Waals surface area (Å²) in [5.41, 5.74) is 2.74. The number of anilines is 1. The van der Waals surface area contributed by atoms with E-state index in [-0.39, 0.29) is 23.3 Å². The summed E-state index contributed by atoms with van der Waals surface area (Å²) in [6, 6.07) is 12.5. The van der Waals surface area contributed by atoms with Crippen LogP contribution < -0.4 is 14.4 Å². The minimum atomic E-state index is -3.35. The molecule has 0 saturated carbocycles. The number of aryl methyl sites for hydroxylation is 1. The molecule has 0 fully saturated rings. The van der Waals surface area contributed by atoms with Gasteiger partial charge < -0.3 is 10.1 Å². The molecule has 0 unspecified atom stereocenters. The third-order valence-corrected chi connectivity index (χ3v) is 7.20. The predicted octanol–water partition coefficient (Wildman–Crippen LogP) is 4.20. The summed E-state index contributed by atoms with van der Waals surface area (Å²) in [5.74, 6) is 0.625. The molecule has 1 amide bonds. The molecule has 0 saturated heterocycles. The highest BCUT2D eigenvalue weighted by atomic mass is 32.2. The second kappa shape index (κ2) is 8.30. The summed E-state index contributed by atoms with van der Waals surface area (Å²) in [6.07, 6.45) is 0.658. The van der Waals surface area contributed by atoms with Crippen LogP contribution in [0.15, 0.2) is 42.5 Å². The maximum atomic E-state index is 12.9. The zero-order valence-electron chi connectivity index (χ0n) is 18.2. The summed E-state index contributed by atoms with van der Waals surface area (Å²) >= 11 is 0. The molecule has 2 aromatic carbocycles. The zero-order valence-corrected chi connectivity index (χ0v) is 19.0. The van der Waals surface area contributed by atoms with Crippen LogP contribution in [0.1, 0.15) is 61.6 Å². The fraction of sp³-hybridized carbons (Fsp3) is 0.435. The van der Waals surface area contributed by atoms with Crippen molar-refractivity contribution in [1.82, 2.24) is 5.32 Å². The zero-order chi connectivity index (χ0) is 22.1. The maximum Gasteiger partial charge on any atom is 0.251 e. The van der Waals surface area contributed by atoms with E-state index in [9.17, 15) is 13.2 Å². The number of rotatable bonds is 6. The van der Waals surface area contributed by atoms with Crippen molar-refractivity contribution >= 4 is 21.6 Å². The van der Waals surface area contributed by atoms with Crippen LogP contribution >= 0.6 is 0 Å². The number of ether oxygens (including phenoxy) is 1. The van der Waals surface area contributed by atoms with Crippen LogP contribution in [-0.4, -0.2) is 32.2 Å². The van der Waals surface area contributed by atoms with E-state index >= 15 is 0 Å². The lowest BCUT2D eigenvalue weighted by Crippen LogP contribution is -2.41. The van der Waals surface area contributed by atoms with Gasteiger partial charge in [0.25, 0.3) is 5.91 Å². The van der Waals surface area contributed by atoms with E-state index in [0.717, 1.165) is 16.9 Å². The largest absolute Gasteiger partial charge is 0.487 e. The lowest BCUT2D eigenvalue weighted by Gasteiger charge is -2.38. The normalized spacial score (nSPS) is 17.6. The number of fused-ring (bicyclic) bond motifs is 1. The molecule has 6 nitrogen and oxygen atoms in total. The van der Waals surface area contributed by atoms with Crippen molar-refractivity contribution in [3.05, 3.63) is 59.2 Å². The van der Waals surface area contributed by atoms with Crippen LogP contribution in [0.5, 0.6) is 5.75 Å². The van der Waals surface area contributed by atoms with Gasteiger partial charge in [0, 0.05) is 24.1 Å². The average Bonchev–Trinajstić information content (AvgIpc) is 2.69. The molecule has 0 spiro atoms. The average molecular weight is 431 g/mol. The number of benzene rings is 2. The molecular weight excluding hydrogens is 400 g/mol. The number of nitrogens with zero attached hydrogens (tertiary/aromatic N) is 1. The Balaban J connectivity index is 1.82. The SMILES string of the molecule is CCN(c1ccc(C(=O)N[C@H]2CC(C)(C)Oc3ccc(C)cc32)cc1)S(=O)(=O)CC. The number of amides is 1. The van der Waals surface area contributed by atoms with Gasteiger partial charge in [0.15, 0.2) is 0 Å². The van der Waals surface area contributed by atoms with E-state index in [2.05, 4.69) is 5.32 Å². The Hall–Kier alpha value is -2.54. The van der Waals surface area contributed by atoms with Crippen LogP contribution in [0.3, 0.4) is 0 Å². The number of sulfonamides is 1. The number of hydrogen-bond acceptors (Lipinski definition) is 4. The molecular formula is C23H30N2O4S. The van der Waals surface area contributed by atoms with Crippen LogP contribution in [0.25, 0.3) is 0 Å². The Labute approximate surface area is 179 Å². The van der Waals surface area contributed by atoms with Crippen LogP contribution in [0.2, 0.25) is 0 Å². The minimum Gasteiger partial charge on any atom is -0.487 e. The molecule has 1 N–H and O–H groups in total. The fourth-order valence-corrected chi connectivity index (χ4v) is 4.97. The number of nitrogens with one attached hydrogen (secondary N) is 1. The van der Waals surface area contributed by atoms with E-state index in [0.29, 0.717) is 24.2 Å². The Morgan fingerprint density at radius 3 is 2.43 bits per heavy atom. The van der Waals surface area contributed by atoms with Crippen LogP contribution in [0.4, 0.5) is 5.69 Å². The van der Waals surface area contributed by atoms with Gasteiger partial charge in [-0.25, -0.2) is 8.42 Å². The Bertz CT molecular complexity index is 1030. The van der Waals surface area contributed by atoms with Gasteiger partial charge >= 0.3 is 0 Å². The second-order valence-corrected chi connectivity index (χ2v) is 10.4. The van der Waals surface area contributed by atoms with Gasteiger partial charge in [0.05, 0.1) is 17.5 Å². The third-order valence-electron chi connectivity index (χ3n) is 5.33. The Morgan fingerprint density at radius 2 is 1.83 bits per heavy atom. The van der Waals surface area contributed by atoms with E-state index in [4.69, 9.17) is 4.74 Å². The quantitative estimate of drug-likeness (QED) is 0.745. The summed E-state index contributed by atoms with van der Waals surface area (Å²) in [5, 5.41) is 3.13. The van der Waals surface area contributed by atoms with Gasteiger partial charge in [-0.05, 0) is 65.0 Å². The van der Waals surface area contributed by atoms with Crippen molar-refractivity contribution in [3.8, 4) is 5.75 Å². The van der Waals surface area contributed by atoms with Crippen LogP contribution in [-0.2, 0) is 10.0 Å². The van der Waals surface area contributed by atoms with Crippen molar-refractivity contribution in [2.75, 3.05) is 16.6 Å². The van der Waals surface area contributed by atoms with Gasteiger partial charge in [0.1, 0.15) is 11.4 Å². The molecule has 0 radical (unpaired) electrons. The van der Waals surface area contributed by atoms with Crippen molar-refractivity contribution < 1.29 is 17.9 Å². The molecule has 1 heterocycles. The van der Waals surface area contributed by atoms with Crippen molar-refractivity contribution in [1.29, 1.82) is 0 Å². The molecule has 1 aliphatic heterocycles. The summed E-state index contributed by atoms with van der Waals surface area (Å²) in [7, 11) is -3.35. The molecule has 162 valence electrons. The second-order valence-electron chi connectivity index (χ2n) is 8.25. The van der Waals surface area contributed by atoms with E-state index in [1.54, 1.807) is 38.1 Å². The Morgan fingerprint density at radius 1 is 1.17 bits per heavy atom. The molecule has 0 aliphatic carbocycles. The number of hydrogen-bond donors (Lipinski definition) is 1. The molecule has 1 aliphatic rings. The summed E-state index contributed by atoms with van der Waals surface area (Å²) in [6.45, 7) is 9.79. The summed E-state index contributed by atoms with van der Waals surface area (Å²) in [4.78, 5) is 12.9. The fourth-order valence-electron chi connectivity index (χ4n) is 3.82. The first-order chi connectivity index (χ1) is 14.1. The predicted molar refractivity (Wildman–Crippen MR) is 120 cm³/mol. The highest BCUT2D eigenvalue weighted by Crippen LogP contribution is 2.40. The van der Waals surface area contributed by atoms with E-state index in [1.807, 2.05) is 39.0 Å². The first kappa shape index (κ1) is 22.2.